The molecule has 0 saturated heterocycles. The zero-order valence-corrected chi connectivity index (χ0v) is 16.4. The molecule has 0 atom stereocenters. The molecule has 0 bridgehead atoms. The van der Waals surface area contributed by atoms with E-state index in [0.29, 0.717) is 19.6 Å². The highest BCUT2D eigenvalue weighted by molar-refractivity contribution is 4.83. The lowest BCUT2D eigenvalue weighted by atomic mass is 9.82. The molecule has 0 aliphatic rings. The standard InChI is InChI=1S/C21H45N3/c1-2-3-4-5-6-7-8-9-10-11-12-13-14-15-16-17-21(18-22,19-23)20-24/h9-10H,2-8,11-20,22-24H2,1H3/b10-9-. The average molecular weight is 340 g/mol. The lowest BCUT2D eigenvalue weighted by Crippen LogP contribution is -2.44. The fourth-order valence-electron chi connectivity index (χ4n) is 3.13. The Morgan fingerprint density at radius 1 is 0.583 bits per heavy atom. The highest BCUT2D eigenvalue weighted by Crippen LogP contribution is 2.21. The second kappa shape index (κ2) is 17.4. The first-order valence-electron chi connectivity index (χ1n) is 10.5. The van der Waals surface area contributed by atoms with Gasteiger partial charge in [0, 0.05) is 25.0 Å². The van der Waals surface area contributed by atoms with Crippen LogP contribution in [-0.4, -0.2) is 19.6 Å². The SMILES string of the molecule is CCCCCCCC/C=C\CCCCCCCC(CN)(CN)CN. The van der Waals surface area contributed by atoms with Gasteiger partial charge in [-0.15, -0.1) is 0 Å². The molecule has 144 valence electrons. The predicted molar refractivity (Wildman–Crippen MR) is 109 cm³/mol. The van der Waals surface area contributed by atoms with Crippen molar-refractivity contribution in [3.63, 3.8) is 0 Å². The van der Waals surface area contributed by atoms with Crippen LogP contribution < -0.4 is 17.2 Å². The number of nitrogens with two attached hydrogens (primary N) is 3. The predicted octanol–water partition coefficient (Wildman–Crippen LogP) is 4.89. The summed E-state index contributed by atoms with van der Waals surface area (Å²) in [4.78, 5) is 0. The molecule has 0 spiro atoms. The van der Waals surface area contributed by atoms with Crippen LogP contribution in [0.1, 0.15) is 96.8 Å². The van der Waals surface area contributed by atoms with Crippen molar-refractivity contribution in [1.82, 2.24) is 0 Å². The summed E-state index contributed by atoms with van der Waals surface area (Å²) in [5, 5.41) is 0. The summed E-state index contributed by atoms with van der Waals surface area (Å²) in [5.74, 6) is 0. The smallest absolute Gasteiger partial charge is 0.00705 e. The lowest BCUT2D eigenvalue weighted by Gasteiger charge is -2.29. The van der Waals surface area contributed by atoms with Gasteiger partial charge in [0.25, 0.3) is 0 Å². The van der Waals surface area contributed by atoms with Gasteiger partial charge in [-0.25, -0.2) is 0 Å². The van der Waals surface area contributed by atoms with E-state index in [9.17, 15) is 0 Å². The van der Waals surface area contributed by atoms with Crippen LogP contribution in [0, 0.1) is 5.41 Å². The average Bonchev–Trinajstić information content (AvgIpc) is 2.62. The third kappa shape index (κ3) is 13.0. The second-order valence-electron chi connectivity index (χ2n) is 7.45. The summed E-state index contributed by atoms with van der Waals surface area (Å²) in [6.45, 7) is 4.12. The minimum Gasteiger partial charge on any atom is -0.330 e. The van der Waals surface area contributed by atoms with Gasteiger partial charge in [-0.1, -0.05) is 76.9 Å². The molecule has 3 heteroatoms. The summed E-state index contributed by atoms with van der Waals surface area (Å²) in [6.07, 6.45) is 23.2. The van der Waals surface area contributed by atoms with E-state index in [-0.39, 0.29) is 5.41 Å². The van der Waals surface area contributed by atoms with Crippen LogP contribution in [0.25, 0.3) is 0 Å². The van der Waals surface area contributed by atoms with Gasteiger partial charge in [0.15, 0.2) is 0 Å². The van der Waals surface area contributed by atoms with Crippen molar-refractivity contribution in [2.24, 2.45) is 22.6 Å². The first-order chi connectivity index (χ1) is 11.7. The first kappa shape index (κ1) is 23.6. The number of rotatable bonds is 18. The van der Waals surface area contributed by atoms with Crippen LogP contribution in [0.3, 0.4) is 0 Å². The van der Waals surface area contributed by atoms with Gasteiger partial charge in [-0.05, 0) is 32.1 Å². The van der Waals surface area contributed by atoms with E-state index in [1.807, 2.05) is 0 Å². The molecule has 24 heavy (non-hydrogen) atoms. The van der Waals surface area contributed by atoms with Crippen LogP contribution in [0.5, 0.6) is 0 Å². The van der Waals surface area contributed by atoms with E-state index in [4.69, 9.17) is 17.2 Å². The zero-order valence-electron chi connectivity index (χ0n) is 16.4. The number of hydrogen-bond acceptors (Lipinski definition) is 3. The Bertz CT molecular complexity index is 264. The molecule has 0 aliphatic heterocycles. The van der Waals surface area contributed by atoms with Crippen molar-refractivity contribution in [2.45, 2.75) is 96.8 Å². The molecule has 0 radical (unpaired) electrons. The summed E-state index contributed by atoms with van der Waals surface area (Å²) in [7, 11) is 0. The van der Waals surface area contributed by atoms with Crippen LogP contribution in [0.4, 0.5) is 0 Å². The van der Waals surface area contributed by atoms with Gasteiger partial charge in [-0.2, -0.15) is 0 Å². The molecule has 0 aromatic carbocycles. The Labute approximate surface area is 151 Å². The summed E-state index contributed by atoms with van der Waals surface area (Å²) < 4.78 is 0. The summed E-state index contributed by atoms with van der Waals surface area (Å²) in [5.41, 5.74) is 17.5. The van der Waals surface area contributed by atoms with E-state index in [2.05, 4.69) is 19.1 Å². The molecular weight excluding hydrogens is 294 g/mol. The monoisotopic (exact) mass is 339 g/mol. The third-order valence-corrected chi connectivity index (χ3v) is 5.27. The van der Waals surface area contributed by atoms with Crippen molar-refractivity contribution < 1.29 is 0 Å². The van der Waals surface area contributed by atoms with Crippen LogP contribution in [0.15, 0.2) is 12.2 Å². The Kier molecular flexibility index (Phi) is 17.2. The maximum atomic E-state index is 5.82. The largest absolute Gasteiger partial charge is 0.330 e. The van der Waals surface area contributed by atoms with E-state index in [1.54, 1.807) is 0 Å². The van der Waals surface area contributed by atoms with Gasteiger partial charge in [0.05, 0.1) is 0 Å². The molecule has 3 nitrogen and oxygen atoms in total. The highest BCUT2D eigenvalue weighted by Gasteiger charge is 2.24. The molecule has 0 aromatic heterocycles. The van der Waals surface area contributed by atoms with Crippen molar-refractivity contribution in [2.75, 3.05) is 19.6 Å². The summed E-state index contributed by atoms with van der Waals surface area (Å²) in [6, 6.07) is 0. The minimum atomic E-state index is -0.0146. The van der Waals surface area contributed by atoms with E-state index in [1.165, 1.54) is 83.5 Å². The third-order valence-electron chi connectivity index (χ3n) is 5.27. The van der Waals surface area contributed by atoms with Gasteiger partial charge >= 0.3 is 0 Å². The van der Waals surface area contributed by atoms with Crippen molar-refractivity contribution >= 4 is 0 Å². The maximum absolute atomic E-state index is 5.82. The minimum absolute atomic E-state index is 0.0146. The second-order valence-corrected chi connectivity index (χ2v) is 7.45. The van der Waals surface area contributed by atoms with Crippen LogP contribution >= 0.6 is 0 Å². The van der Waals surface area contributed by atoms with Crippen molar-refractivity contribution in [1.29, 1.82) is 0 Å². The Morgan fingerprint density at radius 2 is 1.00 bits per heavy atom. The molecule has 0 unspecified atom stereocenters. The first-order valence-corrected chi connectivity index (χ1v) is 10.5. The van der Waals surface area contributed by atoms with Crippen LogP contribution in [0.2, 0.25) is 0 Å². The van der Waals surface area contributed by atoms with E-state index >= 15 is 0 Å². The molecule has 6 N–H and O–H groups in total. The molecular formula is C21H45N3. The molecule has 0 aliphatic carbocycles. The highest BCUT2D eigenvalue weighted by atomic mass is 14.7. The van der Waals surface area contributed by atoms with E-state index < -0.39 is 0 Å². The lowest BCUT2D eigenvalue weighted by molar-refractivity contribution is 0.282. The molecule has 0 saturated carbocycles. The quantitative estimate of drug-likeness (QED) is 0.246. The van der Waals surface area contributed by atoms with Gasteiger partial charge < -0.3 is 17.2 Å². The Hall–Kier alpha value is -0.380. The topological polar surface area (TPSA) is 78.1 Å². The normalized spacial score (nSPS) is 12.3. The Balaban J connectivity index is 3.34. The fourth-order valence-corrected chi connectivity index (χ4v) is 3.13. The molecule has 0 fully saturated rings. The zero-order chi connectivity index (χ0) is 17.9. The number of hydrogen-bond donors (Lipinski definition) is 3. The van der Waals surface area contributed by atoms with Crippen LogP contribution in [-0.2, 0) is 0 Å². The van der Waals surface area contributed by atoms with Gasteiger partial charge in [0.2, 0.25) is 0 Å². The molecule has 0 aromatic rings. The van der Waals surface area contributed by atoms with Gasteiger partial charge in [-0.3, -0.25) is 0 Å². The number of unbranched alkanes of at least 4 members (excludes halogenated alkanes) is 11. The molecule has 0 heterocycles. The number of allylic oxidation sites excluding steroid dienone is 2. The fraction of sp³-hybridized carbons (Fsp3) is 0.905. The van der Waals surface area contributed by atoms with Gasteiger partial charge in [0.1, 0.15) is 0 Å². The van der Waals surface area contributed by atoms with E-state index in [0.717, 1.165) is 6.42 Å². The molecule has 0 rings (SSSR count). The summed E-state index contributed by atoms with van der Waals surface area (Å²) >= 11 is 0. The Morgan fingerprint density at radius 3 is 1.46 bits per heavy atom. The van der Waals surface area contributed by atoms with Crippen molar-refractivity contribution in [3.05, 3.63) is 12.2 Å². The van der Waals surface area contributed by atoms with Crippen molar-refractivity contribution in [3.8, 4) is 0 Å². The maximum Gasteiger partial charge on any atom is 0.00705 e. The molecule has 0 amide bonds.